The van der Waals surface area contributed by atoms with Crippen molar-refractivity contribution in [1.29, 1.82) is 0 Å². The molecule has 176 valence electrons. The summed E-state index contributed by atoms with van der Waals surface area (Å²) in [6.45, 7) is 1.26. The van der Waals surface area contributed by atoms with Gasteiger partial charge in [-0.05, 0) is 31.8 Å². The highest BCUT2D eigenvalue weighted by Gasteiger charge is 2.30. The number of hydrogen-bond donors (Lipinski definition) is 7. The van der Waals surface area contributed by atoms with Crippen LogP contribution in [-0.4, -0.2) is 87.1 Å². The summed E-state index contributed by atoms with van der Waals surface area (Å²) in [6, 6.07) is -5.25. The molecule has 0 aliphatic heterocycles. The van der Waals surface area contributed by atoms with Gasteiger partial charge >= 0.3 is 17.9 Å². The van der Waals surface area contributed by atoms with E-state index in [2.05, 4.69) is 16.0 Å². The molecule has 8 N–H and O–H groups in total. The molecular weight excluding hydrogens is 436 g/mol. The Kier molecular flexibility index (Phi) is 12.9. The first kappa shape index (κ1) is 28.1. The third kappa shape index (κ3) is 11.8. The predicted octanol–water partition coefficient (Wildman–Crippen LogP) is -2.03. The Balaban J connectivity index is 5.04. The number of carbonyl (C=O) groups is 6. The van der Waals surface area contributed by atoms with Crippen LogP contribution in [-0.2, 0) is 28.8 Å². The van der Waals surface area contributed by atoms with E-state index >= 15 is 0 Å². The fourth-order valence-corrected chi connectivity index (χ4v) is 2.71. The minimum atomic E-state index is -1.58. The van der Waals surface area contributed by atoms with Crippen molar-refractivity contribution in [2.75, 3.05) is 12.0 Å². The maximum absolute atomic E-state index is 12.4. The molecule has 4 unspecified atom stereocenters. The maximum Gasteiger partial charge on any atom is 0.326 e. The molecule has 0 radical (unpaired) electrons. The second kappa shape index (κ2) is 14.2. The normalized spacial score (nSPS) is 14.4. The van der Waals surface area contributed by atoms with Crippen molar-refractivity contribution in [3.63, 3.8) is 0 Å². The molecule has 14 heteroatoms. The first-order valence-corrected chi connectivity index (χ1v) is 10.6. The van der Waals surface area contributed by atoms with E-state index in [1.165, 1.54) is 18.7 Å². The zero-order valence-electron chi connectivity index (χ0n) is 17.1. The van der Waals surface area contributed by atoms with Gasteiger partial charge in [0.05, 0.1) is 12.5 Å². The van der Waals surface area contributed by atoms with Crippen LogP contribution in [0.15, 0.2) is 0 Å². The van der Waals surface area contributed by atoms with Crippen molar-refractivity contribution in [1.82, 2.24) is 16.0 Å². The van der Waals surface area contributed by atoms with E-state index in [4.69, 9.17) is 15.9 Å². The molecule has 4 atom stereocenters. The van der Waals surface area contributed by atoms with Gasteiger partial charge in [0.25, 0.3) is 0 Å². The number of rotatable bonds is 15. The van der Waals surface area contributed by atoms with Crippen molar-refractivity contribution >= 4 is 47.4 Å². The molecule has 0 saturated heterocycles. The zero-order chi connectivity index (χ0) is 24.1. The fourth-order valence-electron chi connectivity index (χ4n) is 2.24. The summed E-state index contributed by atoms with van der Waals surface area (Å²) in [7, 11) is 0. The average Bonchev–Trinajstić information content (AvgIpc) is 2.67. The molecule has 3 amide bonds. The molecule has 0 aliphatic carbocycles. The van der Waals surface area contributed by atoms with Crippen LogP contribution in [0.4, 0.5) is 0 Å². The molecule has 0 saturated carbocycles. The minimum absolute atomic E-state index is 0.0939. The molecule has 0 aromatic rings. The number of hydrogen-bond acceptors (Lipinski definition) is 8. The predicted molar refractivity (Wildman–Crippen MR) is 109 cm³/mol. The van der Waals surface area contributed by atoms with Crippen LogP contribution < -0.4 is 21.7 Å². The van der Waals surface area contributed by atoms with Crippen molar-refractivity contribution in [2.45, 2.75) is 56.8 Å². The van der Waals surface area contributed by atoms with Crippen LogP contribution in [0.1, 0.15) is 32.6 Å². The number of aliphatic carboxylic acids is 3. The number of nitrogens with two attached hydrogens (primary N) is 1. The monoisotopic (exact) mass is 464 g/mol. The molecule has 0 fully saturated rings. The molecule has 31 heavy (non-hydrogen) atoms. The number of thioether (sulfide) groups is 1. The first-order chi connectivity index (χ1) is 14.4. The van der Waals surface area contributed by atoms with Gasteiger partial charge in [-0.2, -0.15) is 11.8 Å². The molecule has 0 aromatic heterocycles. The van der Waals surface area contributed by atoms with E-state index in [-0.39, 0.29) is 19.3 Å². The topological polar surface area (TPSA) is 225 Å². The van der Waals surface area contributed by atoms with E-state index in [9.17, 15) is 33.9 Å². The molecule has 0 rings (SSSR count). The van der Waals surface area contributed by atoms with Gasteiger partial charge in [-0.25, -0.2) is 4.79 Å². The van der Waals surface area contributed by atoms with Crippen LogP contribution in [0.3, 0.4) is 0 Å². The smallest absolute Gasteiger partial charge is 0.326 e. The van der Waals surface area contributed by atoms with Crippen molar-refractivity contribution in [2.24, 2.45) is 5.73 Å². The summed E-state index contributed by atoms with van der Waals surface area (Å²) >= 11 is 1.36. The third-order valence-electron chi connectivity index (χ3n) is 3.99. The average molecular weight is 464 g/mol. The summed E-state index contributed by atoms with van der Waals surface area (Å²) in [5, 5.41) is 33.4. The summed E-state index contributed by atoms with van der Waals surface area (Å²) in [4.78, 5) is 69.5. The van der Waals surface area contributed by atoms with E-state index < -0.39 is 66.2 Å². The quantitative estimate of drug-likeness (QED) is 0.140. The molecule has 0 aliphatic rings. The van der Waals surface area contributed by atoms with Crippen LogP contribution in [0.25, 0.3) is 0 Å². The molecule has 13 nitrogen and oxygen atoms in total. The second-order valence-corrected chi connectivity index (χ2v) is 7.59. The largest absolute Gasteiger partial charge is 0.481 e. The lowest BCUT2D eigenvalue weighted by molar-refractivity contribution is -0.143. The Morgan fingerprint density at radius 1 is 0.839 bits per heavy atom. The molecule has 0 aromatic carbocycles. The number of carbonyl (C=O) groups excluding carboxylic acids is 3. The van der Waals surface area contributed by atoms with Crippen LogP contribution in [0.2, 0.25) is 0 Å². The highest BCUT2D eigenvalue weighted by molar-refractivity contribution is 7.98. The molecule has 0 spiro atoms. The van der Waals surface area contributed by atoms with Crippen LogP contribution >= 0.6 is 11.8 Å². The number of carboxylic acid groups (broad SMARTS) is 3. The van der Waals surface area contributed by atoms with Gasteiger partial charge in [0.2, 0.25) is 17.7 Å². The van der Waals surface area contributed by atoms with Gasteiger partial charge in [0.1, 0.15) is 18.1 Å². The van der Waals surface area contributed by atoms with Gasteiger partial charge in [0.15, 0.2) is 0 Å². The highest BCUT2D eigenvalue weighted by atomic mass is 32.2. The Labute approximate surface area is 182 Å². The standard InChI is InChI=1S/C17H28N4O9S/c1-8(19-15(27)9(18)3-4-12(22)23)14(26)21-11(7-13(24)25)16(28)20-10(17(29)30)5-6-31-2/h8-11H,3-7,18H2,1-2H3,(H,19,27)(H,20,28)(H,21,26)(H,22,23)(H,24,25)(H,29,30). The first-order valence-electron chi connectivity index (χ1n) is 9.21. The van der Waals surface area contributed by atoms with E-state index in [0.717, 1.165) is 0 Å². The lowest BCUT2D eigenvalue weighted by Crippen LogP contribution is -2.56. The third-order valence-corrected chi connectivity index (χ3v) is 4.64. The number of carboxylic acids is 3. The Morgan fingerprint density at radius 3 is 1.90 bits per heavy atom. The Hall–Kier alpha value is -2.87. The molecule has 0 bridgehead atoms. The lowest BCUT2D eigenvalue weighted by Gasteiger charge is -2.22. The van der Waals surface area contributed by atoms with Gasteiger partial charge in [-0.1, -0.05) is 0 Å². The highest BCUT2D eigenvalue weighted by Crippen LogP contribution is 2.03. The van der Waals surface area contributed by atoms with Crippen molar-refractivity contribution in [3.05, 3.63) is 0 Å². The van der Waals surface area contributed by atoms with Gasteiger partial charge in [-0.3, -0.25) is 24.0 Å². The Morgan fingerprint density at radius 2 is 1.42 bits per heavy atom. The number of nitrogens with one attached hydrogen (secondary N) is 3. The van der Waals surface area contributed by atoms with Crippen LogP contribution in [0, 0.1) is 0 Å². The van der Waals surface area contributed by atoms with E-state index in [1.54, 1.807) is 6.26 Å². The summed E-state index contributed by atoms with van der Waals surface area (Å²) in [5.74, 6) is -6.14. The van der Waals surface area contributed by atoms with Crippen LogP contribution in [0.5, 0.6) is 0 Å². The summed E-state index contributed by atoms with van der Waals surface area (Å²) in [6.07, 6.45) is 0.517. The van der Waals surface area contributed by atoms with Gasteiger partial charge < -0.3 is 37.0 Å². The summed E-state index contributed by atoms with van der Waals surface area (Å²) in [5.41, 5.74) is 5.55. The second-order valence-electron chi connectivity index (χ2n) is 6.61. The van der Waals surface area contributed by atoms with Gasteiger partial charge in [-0.15, -0.1) is 0 Å². The van der Waals surface area contributed by atoms with E-state index in [0.29, 0.717) is 5.75 Å². The van der Waals surface area contributed by atoms with Crippen molar-refractivity contribution in [3.8, 4) is 0 Å². The maximum atomic E-state index is 12.4. The molecular formula is C17H28N4O9S. The number of amides is 3. The van der Waals surface area contributed by atoms with Crippen molar-refractivity contribution < 1.29 is 44.1 Å². The summed E-state index contributed by atoms with van der Waals surface area (Å²) < 4.78 is 0. The lowest BCUT2D eigenvalue weighted by atomic mass is 10.1. The minimum Gasteiger partial charge on any atom is -0.481 e. The van der Waals surface area contributed by atoms with Gasteiger partial charge in [0, 0.05) is 6.42 Å². The SMILES string of the molecule is CSCCC(NC(=O)C(CC(=O)O)NC(=O)C(C)NC(=O)C(N)CCC(=O)O)C(=O)O. The zero-order valence-corrected chi connectivity index (χ0v) is 17.9. The molecule has 0 heterocycles. The van der Waals surface area contributed by atoms with E-state index in [1.807, 2.05) is 0 Å². The Bertz CT molecular complexity index is 689. The fraction of sp³-hybridized carbons (Fsp3) is 0.647.